The number of nitrogens with zero attached hydrogens (tertiary/aromatic N) is 1. The highest BCUT2D eigenvalue weighted by Crippen LogP contribution is 2.27. The Labute approximate surface area is 128 Å². The van der Waals surface area contributed by atoms with Crippen molar-refractivity contribution < 1.29 is 0 Å². The number of benzene rings is 1. The minimum atomic E-state index is 0.458. The molecule has 1 aromatic rings. The van der Waals surface area contributed by atoms with Crippen molar-refractivity contribution in [2.45, 2.75) is 38.8 Å². The zero-order chi connectivity index (χ0) is 14.4. The molecule has 2 unspecified atom stereocenters. The van der Waals surface area contributed by atoms with Gasteiger partial charge in [-0.25, -0.2) is 0 Å². The molecular weight excluding hydrogens is 264 g/mol. The van der Waals surface area contributed by atoms with Crippen molar-refractivity contribution in [3.05, 3.63) is 35.4 Å². The number of hydrogen-bond acceptors (Lipinski definition) is 3. The van der Waals surface area contributed by atoms with E-state index in [1.807, 2.05) is 0 Å². The van der Waals surface area contributed by atoms with Crippen LogP contribution in [-0.4, -0.2) is 42.6 Å². The molecule has 1 aliphatic rings. The van der Waals surface area contributed by atoms with E-state index in [2.05, 4.69) is 67.1 Å². The maximum Gasteiger partial charge on any atom is 0.0486 e. The van der Waals surface area contributed by atoms with E-state index >= 15 is 0 Å². The average molecular weight is 292 g/mol. The van der Waals surface area contributed by atoms with Gasteiger partial charge < -0.3 is 5.32 Å². The first-order valence-electron chi connectivity index (χ1n) is 7.86. The van der Waals surface area contributed by atoms with Gasteiger partial charge in [-0.3, -0.25) is 4.90 Å². The van der Waals surface area contributed by atoms with Gasteiger partial charge in [-0.2, -0.15) is 11.8 Å². The van der Waals surface area contributed by atoms with E-state index in [1.165, 1.54) is 35.6 Å². The van der Waals surface area contributed by atoms with Crippen LogP contribution in [0.4, 0.5) is 0 Å². The van der Waals surface area contributed by atoms with Crippen molar-refractivity contribution in [2.24, 2.45) is 0 Å². The molecule has 2 rings (SSSR count). The molecule has 1 N–H and O–H groups in total. The highest BCUT2D eigenvalue weighted by molar-refractivity contribution is 7.99. The summed E-state index contributed by atoms with van der Waals surface area (Å²) in [5.74, 6) is 2.50. The summed E-state index contributed by atoms with van der Waals surface area (Å²) in [5, 5.41) is 3.78. The van der Waals surface area contributed by atoms with E-state index in [0.717, 1.165) is 13.0 Å². The molecule has 112 valence electrons. The lowest BCUT2D eigenvalue weighted by Gasteiger charge is -2.38. The van der Waals surface area contributed by atoms with Gasteiger partial charge in [0, 0.05) is 30.1 Å². The van der Waals surface area contributed by atoms with Crippen LogP contribution in [0.15, 0.2) is 24.3 Å². The number of nitrogens with one attached hydrogen (secondary N) is 1. The summed E-state index contributed by atoms with van der Waals surface area (Å²) in [4.78, 5) is 2.53. The molecule has 0 spiro atoms. The van der Waals surface area contributed by atoms with Crippen LogP contribution in [0.25, 0.3) is 0 Å². The Morgan fingerprint density at radius 1 is 1.40 bits per heavy atom. The van der Waals surface area contributed by atoms with E-state index < -0.39 is 0 Å². The minimum Gasteiger partial charge on any atom is -0.309 e. The quantitative estimate of drug-likeness (QED) is 0.866. The lowest BCUT2D eigenvalue weighted by molar-refractivity contribution is 0.215. The van der Waals surface area contributed by atoms with Crippen LogP contribution in [0, 0.1) is 0 Å². The van der Waals surface area contributed by atoms with Crippen LogP contribution in [0.1, 0.15) is 37.4 Å². The second-order valence-corrected chi connectivity index (χ2v) is 6.80. The fourth-order valence-electron chi connectivity index (χ4n) is 2.84. The number of thioether (sulfide) groups is 1. The Hall–Kier alpha value is -0.510. The summed E-state index contributed by atoms with van der Waals surface area (Å²) in [6.07, 6.45) is 2.30. The van der Waals surface area contributed by atoms with Crippen molar-refractivity contribution in [2.75, 3.05) is 31.6 Å². The van der Waals surface area contributed by atoms with Crippen LogP contribution in [0.3, 0.4) is 0 Å². The maximum atomic E-state index is 3.78. The molecule has 2 atom stereocenters. The Balaban J connectivity index is 2.20. The largest absolute Gasteiger partial charge is 0.309 e. The average Bonchev–Trinajstić information content (AvgIpc) is 2.49. The summed E-state index contributed by atoms with van der Waals surface area (Å²) in [5.41, 5.74) is 2.90. The monoisotopic (exact) mass is 292 g/mol. The third-order valence-corrected chi connectivity index (χ3v) is 5.21. The first kappa shape index (κ1) is 15.9. The van der Waals surface area contributed by atoms with Gasteiger partial charge in [0.05, 0.1) is 0 Å². The van der Waals surface area contributed by atoms with Crippen LogP contribution in [0.5, 0.6) is 0 Å². The Kier molecular flexibility index (Phi) is 6.40. The van der Waals surface area contributed by atoms with E-state index in [1.54, 1.807) is 0 Å². The molecule has 2 nitrogen and oxygen atoms in total. The van der Waals surface area contributed by atoms with Crippen molar-refractivity contribution in [1.29, 1.82) is 0 Å². The first-order chi connectivity index (χ1) is 9.76. The fraction of sp³-hybridized carbons (Fsp3) is 0.647. The SMILES string of the molecule is CCCNC(c1cccc(CC)c1)C1CSCCN1C. The molecule has 0 bridgehead atoms. The highest BCUT2D eigenvalue weighted by atomic mass is 32.2. The molecule has 1 fully saturated rings. The van der Waals surface area contributed by atoms with Crippen molar-refractivity contribution in [3.8, 4) is 0 Å². The molecule has 0 saturated carbocycles. The number of rotatable bonds is 6. The molecular formula is C17H28N2S. The molecule has 0 aliphatic carbocycles. The van der Waals surface area contributed by atoms with Crippen molar-refractivity contribution >= 4 is 11.8 Å². The summed E-state index contributed by atoms with van der Waals surface area (Å²) in [6, 6.07) is 10.2. The molecule has 1 aromatic carbocycles. The summed E-state index contributed by atoms with van der Waals surface area (Å²) in [6.45, 7) is 6.77. The summed E-state index contributed by atoms with van der Waals surface area (Å²) >= 11 is 2.09. The number of aryl methyl sites for hydroxylation is 1. The van der Waals surface area contributed by atoms with Crippen LogP contribution < -0.4 is 5.32 Å². The van der Waals surface area contributed by atoms with E-state index in [-0.39, 0.29) is 0 Å². The predicted molar refractivity (Wildman–Crippen MR) is 90.6 cm³/mol. The van der Waals surface area contributed by atoms with Crippen molar-refractivity contribution in [1.82, 2.24) is 10.2 Å². The molecule has 1 heterocycles. The first-order valence-corrected chi connectivity index (χ1v) is 9.02. The lowest BCUT2D eigenvalue weighted by atomic mass is 9.96. The minimum absolute atomic E-state index is 0.458. The van der Waals surface area contributed by atoms with Gasteiger partial charge in [0.15, 0.2) is 0 Å². The standard InChI is InChI=1S/C17H28N2S/c1-4-9-18-17(16-13-20-11-10-19(16)3)15-8-6-7-14(5-2)12-15/h6-8,12,16-18H,4-5,9-11,13H2,1-3H3. The van der Waals surface area contributed by atoms with Gasteiger partial charge >= 0.3 is 0 Å². The van der Waals surface area contributed by atoms with Crippen LogP contribution >= 0.6 is 11.8 Å². The van der Waals surface area contributed by atoms with E-state index in [4.69, 9.17) is 0 Å². The van der Waals surface area contributed by atoms with Gasteiger partial charge in [-0.15, -0.1) is 0 Å². The molecule has 1 saturated heterocycles. The molecule has 0 amide bonds. The summed E-state index contributed by atoms with van der Waals surface area (Å²) < 4.78 is 0. The van der Waals surface area contributed by atoms with Gasteiger partial charge in [-0.1, -0.05) is 38.1 Å². The smallest absolute Gasteiger partial charge is 0.0486 e. The predicted octanol–water partition coefficient (Wildman–Crippen LogP) is 3.34. The second kappa shape index (κ2) is 8.06. The van der Waals surface area contributed by atoms with Crippen molar-refractivity contribution in [3.63, 3.8) is 0 Å². The maximum absolute atomic E-state index is 3.78. The van der Waals surface area contributed by atoms with Gasteiger partial charge in [0.25, 0.3) is 0 Å². The summed E-state index contributed by atoms with van der Waals surface area (Å²) in [7, 11) is 2.27. The Morgan fingerprint density at radius 2 is 2.25 bits per heavy atom. The normalized spacial score (nSPS) is 21.9. The molecule has 0 aromatic heterocycles. The third kappa shape index (κ3) is 4.00. The van der Waals surface area contributed by atoms with Gasteiger partial charge in [0.2, 0.25) is 0 Å². The molecule has 3 heteroatoms. The van der Waals surface area contributed by atoms with Gasteiger partial charge in [0.1, 0.15) is 0 Å². The zero-order valence-corrected chi connectivity index (χ0v) is 13.9. The van der Waals surface area contributed by atoms with Crippen LogP contribution in [-0.2, 0) is 6.42 Å². The van der Waals surface area contributed by atoms with Crippen LogP contribution in [0.2, 0.25) is 0 Å². The topological polar surface area (TPSA) is 15.3 Å². The van der Waals surface area contributed by atoms with E-state index in [0.29, 0.717) is 12.1 Å². The molecule has 1 aliphatic heterocycles. The lowest BCUT2D eigenvalue weighted by Crippen LogP contribution is -2.48. The Morgan fingerprint density at radius 3 is 2.95 bits per heavy atom. The second-order valence-electron chi connectivity index (χ2n) is 5.65. The number of hydrogen-bond donors (Lipinski definition) is 1. The van der Waals surface area contributed by atoms with Gasteiger partial charge in [-0.05, 0) is 37.6 Å². The van der Waals surface area contributed by atoms with E-state index in [9.17, 15) is 0 Å². The number of likely N-dealkylation sites (N-methyl/N-ethyl adjacent to an activating group) is 1. The Bertz CT molecular complexity index is 408. The molecule has 20 heavy (non-hydrogen) atoms. The third-order valence-electron chi connectivity index (χ3n) is 4.16. The molecule has 0 radical (unpaired) electrons. The zero-order valence-electron chi connectivity index (χ0n) is 13.1. The fourth-order valence-corrected chi connectivity index (χ4v) is 4.11. The highest BCUT2D eigenvalue weighted by Gasteiger charge is 2.28.